The molecule has 0 saturated heterocycles. The van der Waals surface area contributed by atoms with Crippen LogP contribution >= 0.6 is 46.4 Å². The van der Waals surface area contributed by atoms with E-state index >= 15 is 0 Å². The standard InChI is InChI=1S/2C20H30Cl2O2.Cu/c2*1-12(2)13-11-20(22)9-6-15-18(3,16(20)10-14(13)21)7-5-8-19(15,4)17(23)24;/h2*11-12,14-16H,5-10H2,1-4H3,(H,23,24);/q;;+2/p-2. The normalized spacial score (nSPS) is 47.5. The zero-order valence-electron chi connectivity index (χ0n) is 30.7. The molecule has 4 saturated carbocycles. The Morgan fingerprint density at radius 3 is 1.24 bits per heavy atom. The van der Waals surface area contributed by atoms with Crippen LogP contribution in [0.4, 0.5) is 0 Å². The predicted molar refractivity (Wildman–Crippen MR) is 194 cm³/mol. The first-order valence-electron chi connectivity index (χ1n) is 18.6. The summed E-state index contributed by atoms with van der Waals surface area (Å²) in [6.45, 7) is 17.0. The van der Waals surface area contributed by atoms with E-state index in [-0.39, 0.29) is 72.1 Å². The summed E-state index contributed by atoms with van der Waals surface area (Å²) in [5.41, 5.74) is 0.856. The van der Waals surface area contributed by atoms with Crippen molar-refractivity contribution in [2.75, 3.05) is 0 Å². The minimum absolute atomic E-state index is 0. The molecule has 281 valence electrons. The number of allylic oxidation sites excluding steroid dienone is 4. The van der Waals surface area contributed by atoms with E-state index in [4.69, 9.17) is 46.4 Å². The molecule has 0 amide bonds. The molecule has 9 heteroatoms. The van der Waals surface area contributed by atoms with Gasteiger partial charge in [0, 0.05) is 22.8 Å². The van der Waals surface area contributed by atoms with Gasteiger partial charge in [-0.2, -0.15) is 0 Å². The van der Waals surface area contributed by atoms with Crippen LogP contribution in [0.2, 0.25) is 0 Å². The molecule has 0 heterocycles. The summed E-state index contributed by atoms with van der Waals surface area (Å²) in [5, 5.41) is 23.9. The summed E-state index contributed by atoms with van der Waals surface area (Å²) >= 11 is 27.8. The number of hydrogen-bond donors (Lipinski definition) is 0. The molecule has 0 spiro atoms. The zero-order valence-corrected chi connectivity index (χ0v) is 34.7. The second-order valence-electron chi connectivity index (χ2n) is 18.3. The van der Waals surface area contributed by atoms with E-state index in [0.29, 0.717) is 11.8 Å². The number of carbonyl (C=O) groups excluding carboxylic acids is 2. The first kappa shape index (κ1) is 41.8. The molecular weight excluding hydrogens is 750 g/mol. The van der Waals surface area contributed by atoms with E-state index in [0.717, 1.165) is 77.0 Å². The molecule has 0 aliphatic heterocycles. The summed E-state index contributed by atoms with van der Waals surface area (Å²) in [4.78, 5) is 23.1. The van der Waals surface area contributed by atoms with Gasteiger partial charge in [0.2, 0.25) is 0 Å². The molecule has 12 unspecified atom stereocenters. The maximum Gasteiger partial charge on any atom is 2.00 e. The van der Waals surface area contributed by atoms with Crippen LogP contribution in [0, 0.1) is 57.2 Å². The SMILES string of the molecule is CC(C)C1=CC2(Cl)CCC3C(C)(C(=O)[O-])CCCC3(C)C2CC1Cl.CC(C)C1=CC2(Cl)CCC3C(C)(C(=O)[O-])CCCC3(C)C2CC1Cl.[Cu+2]. The summed E-state index contributed by atoms with van der Waals surface area (Å²) in [6.07, 6.45) is 14.9. The maximum absolute atomic E-state index is 11.9. The van der Waals surface area contributed by atoms with Crippen LogP contribution in [0.1, 0.15) is 132 Å². The third kappa shape index (κ3) is 6.86. The first-order valence-corrected chi connectivity index (χ1v) is 20.3. The van der Waals surface area contributed by atoms with Gasteiger partial charge >= 0.3 is 17.1 Å². The molecule has 6 rings (SSSR count). The van der Waals surface area contributed by atoms with E-state index in [1.165, 1.54) is 11.1 Å². The van der Waals surface area contributed by atoms with Crippen molar-refractivity contribution in [3.05, 3.63) is 23.3 Å². The second-order valence-corrected chi connectivity index (χ2v) is 20.7. The molecule has 4 nitrogen and oxygen atoms in total. The number of halogens is 4. The van der Waals surface area contributed by atoms with Crippen molar-refractivity contribution in [1.82, 2.24) is 0 Å². The molecule has 0 aromatic carbocycles. The molecule has 0 aromatic heterocycles. The maximum atomic E-state index is 11.9. The smallest absolute Gasteiger partial charge is 0.550 e. The van der Waals surface area contributed by atoms with Crippen molar-refractivity contribution in [2.24, 2.45) is 57.2 Å². The first-order chi connectivity index (χ1) is 22.1. The Balaban J connectivity index is 0.000000216. The van der Waals surface area contributed by atoms with Gasteiger partial charge < -0.3 is 19.8 Å². The van der Waals surface area contributed by atoms with Crippen molar-refractivity contribution in [2.45, 2.75) is 153 Å². The topological polar surface area (TPSA) is 80.3 Å². The Kier molecular flexibility index (Phi) is 12.3. The zero-order chi connectivity index (χ0) is 35.8. The Bertz CT molecular complexity index is 1250. The number of rotatable bonds is 4. The van der Waals surface area contributed by atoms with E-state index < -0.39 is 22.8 Å². The van der Waals surface area contributed by atoms with Gasteiger partial charge in [0.25, 0.3) is 0 Å². The molecule has 0 bridgehead atoms. The van der Waals surface area contributed by atoms with Gasteiger partial charge in [-0.3, -0.25) is 0 Å². The van der Waals surface area contributed by atoms with Crippen molar-refractivity contribution in [3.8, 4) is 0 Å². The molecule has 0 N–H and O–H groups in total. The number of alkyl halides is 4. The van der Waals surface area contributed by atoms with Crippen molar-refractivity contribution in [3.63, 3.8) is 0 Å². The third-order valence-electron chi connectivity index (χ3n) is 15.0. The fourth-order valence-electron chi connectivity index (χ4n) is 12.4. The van der Waals surface area contributed by atoms with Gasteiger partial charge in [0.15, 0.2) is 0 Å². The van der Waals surface area contributed by atoms with E-state index in [2.05, 4.69) is 53.7 Å². The molecule has 49 heavy (non-hydrogen) atoms. The van der Waals surface area contributed by atoms with Crippen LogP contribution in [0.5, 0.6) is 0 Å². The second kappa shape index (κ2) is 14.4. The summed E-state index contributed by atoms with van der Waals surface area (Å²) < 4.78 is 0. The quantitative estimate of drug-likeness (QED) is 0.161. The predicted octanol–water partition coefficient (Wildman–Crippen LogP) is 9.06. The molecule has 0 aromatic rings. The average molecular weight is 808 g/mol. The number of aliphatic carboxylic acids is 2. The van der Waals surface area contributed by atoms with Crippen LogP contribution < -0.4 is 10.2 Å². The number of carboxylic acid groups (broad SMARTS) is 2. The Morgan fingerprint density at radius 1 is 0.633 bits per heavy atom. The van der Waals surface area contributed by atoms with Gasteiger partial charge in [-0.1, -0.05) is 91.5 Å². The number of carbonyl (C=O) groups is 2. The van der Waals surface area contributed by atoms with Gasteiger partial charge in [-0.25, -0.2) is 0 Å². The average Bonchev–Trinajstić information content (AvgIpc) is 2.98. The van der Waals surface area contributed by atoms with Gasteiger partial charge in [-0.15, -0.1) is 46.4 Å². The van der Waals surface area contributed by atoms with Crippen LogP contribution in [0.3, 0.4) is 0 Å². The van der Waals surface area contributed by atoms with Crippen LogP contribution in [0.15, 0.2) is 23.3 Å². The summed E-state index contributed by atoms with van der Waals surface area (Å²) in [7, 11) is 0. The molecule has 4 fully saturated rings. The summed E-state index contributed by atoms with van der Waals surface area (Å²) in [6, 6.07) is 0. The van der Waals surface area contributed by atoms with Crippen LogP contribution in [-0.4, -0.2) is 32.4 Å². The number of carboxylic acids is 2. The largest absolute Gasteiger partial charge is 2.00 e. The number of fused-ring (bicyclic) bond motifs is 6. The Hall–Kier alpha value is 0.0995. The van der Waals surface area contributed by atoms with Crippen molar-refractivity contribution >= 4 is 58.3 Å². The van der Waals surface area contributed by atoms with E-state index in [1.54, 1.807) is 0 Å². The van der Waals surface area contributed by atoms with Crippen molar-refractivity contribution in [1.29, 1.82) is 0 Å². The van der Waals surface area contributed by atoms with E-state index in [1.807, 2.05) is 13.8 Å². The van der Waals surface area contributed by atoms with Crippen LogP contribution in [-0.2, 0) is 26.7 Å². The minimum atomic E-state index is -0.892. The molecule has 6 aliphatic carbocycles. The van der Waals surface area contributed by atoms with Gasteiger partial charge in [-0.05, 0) is 111 Å². The third-order valence-corrected chi connectivity index (χ3v) is 17.0. The van der Waals surface area contributed by atoms with Crippen molar-refractivity contribution < 1.29 is 36.9 Å². The van der Waals surface area contributed by atoms with E-state index in [9.17, 15) is 19.8 Å². The minimum Gasteiger partial charge on any atom is -0.550 e. The van der Waals surface area contributed by atoms with Crippen LogP contribution in [0.25, 0.3) is 0 Å². The molecule has 6 aliphatic rings. The van der Waals surface area contributed by atoms with Gasteiger partial charge in [0.1, 0.15) is 0 Å². The Labute approximate surface area is 326 Å². The molecular formula is C40H58Cl4CuO4. The van der Waals surface area contributed by atoms with Gasteiger partial charge in [0.05, 0.1) is 20.5 Å². The molecule has 1 radical (unpaired) electrons. The monoisotopic (exact) mass is 805 g/mol. The Morgan fingerprint density at radius 2 is 0.959 bits per heavy atom. The summed E-state index contributed by atoms with van der Waals surface area (Å²) in [5.74, 6) is -0.279. The number of hydrogen-bond acceptors (Lipinski definition) is 4. The fraction of sp³-hybridized carbons (Fsp3) is 0.850. The fourth-order valence-corrected chi connectivity index (χ4v) is 14.5. The molecule has 12 atom stereocenters.